The fraction of sp³-hybridized carbons (Fsp3) is 0.480. The molecule has 0 amide bonds. The minimum absolute atomic E-state index is 0. The average Bonchev–Trinajstić information content (AvgIpc) is 3.04. The molecule has 4 rings (SSSR count). The van der Waals surface area contributed by atoms with Crippen molar-refractivity contribution in [2.75, 3.05) is 53.4 Å². The van der Waals surface area contributed by atoms with Crippen LogP contribution >= 0.6 is 24.0 Å². The van der Waals surface area contributed by atoms with Gasteiger partial charge in [-0.1, -0.05) is 36.4 Å². The molecule has 2 N–H and O–H groups in total. The van der Waals surface area contributed by atoms with Gasteiger partial charge in [0.2, 0.25) is 0 Å². The van der Waals surface area contributed by atoms with Gasteiger partial charge >= 0.3 is 0 Å². The molecule has 2 heterocycles. The van der Waals surface area contributed by atoms with Crippen LogP contribution < -0.4 is 20.1 Å². The van der Waals surface area contributed by atoms with Crippen molar-refractivity contribution in [2.45, 2.75) is 25.6 Å². The van der Waals surface area contributed by atoms with Crippen LogP contribution in [-0.4, -0.2) is 75.3 Å². The fourth-order valence-electron chi connectivity index (χ4n) is 4.06. The van der Waals surface area contributed by atoms with Gasteiger partial charge in [0.25, 0.3) is 0 Å². The normalized spacial score (nSPS) is 19.3. The van der Waals surface area contributed by atoms with Gasteiger partial charge in [-0.05, 0) is 49.8 Å². The number of para-hydroxylation sites is 2. The molecule has 8 heteroatoms. The molecule has 0 spiro atoms. The van der Waals surface area contributed by atoms with E-state index in [-0.39, 0.29) is 30.1 Å². The molecule has 0 saturated carbocycles. The second-order valence-electron chi connectivity index (χ2n) is 8.55. The van der Waals surface area contributed by atoms with Crippen LogP contribution in [0.1, 0.15) is 17.5 Å². The van der Waals surface area contributed by atoms with Crippen molar-refractivity contribution < 1.29 is 9.47 Å². The number of hydrogen-bond acceptors (Lipinski definition) is 5. The van der Waals surface area contributed by atoms with E-state index in [1.807, 2.05) is 24.3 Å². The first-order valence-electron chi connectivity index (χ1n) is 11.5. The quantitative estimate of drug-likeness (QED) is 0.319. The number of rotatable bonds is 6. The van der Waals surface area contributed by atoms with Crippen molar-refractivity contribution >= 4 is 29.9 Å². The predicted molar refractivity (Wildman–Crippen MR) is 144 cm³/mol. The average molecular weight is 566 g/mol. The van der Waals surface area contributed by atoms with E-state index in [9.17, 15) is 0 Å². The molecule has 2 aromatic carbocycles. The van der Waals surface area contributed by atoms with E-state index in [0.29, 0.717) is 13.2 Å². The molecular weight excluding hydrogens is 529 g/mol. The Morgan fingerprint density at radius 1 is 0.970 bits per heavy atom. The van der Waals surface area contributed by atoms with E-state index in [0.717, 1.165) is 43.6 Å². The molecule has 1 saturated heterocycles. The summed E-state index contributed by atoms with van der Waals surface area (Å²) >= 11 is 0. The SMILES string of the molecule is CN=C(NCc1ccc(CN2CCCN(C)CC2)cc1)NCC1COc2ccccc2O1.I. The summed E-state index contributed by atoms with van der Waals surface area (Å²) in [4.78, 5) is 9.30. The van der Waals surface area contributed by atoms with E-state index in [1.54, 1.807) is 7.05 Å². The van der Waals surface area contributed by atoms with Crippen LogP contribution in [0.15, 0.2) is 53.5 Å². The summed E-state index contributed by atoms with van der Waals surface area (Å²) in [6, 6.07) is 16.7. The number of nitrogens with one attached hydrogen (secondary N) is 2. The van der Waals surface area contributed by atoms with Crippen molar-refractivity contribution in [1.29, 1.82) is 0 Å². The zero-order chi connectivity index (χ0) is 22.2. The van der Waals surface area contributed by atoms with Crippen molar-refractivity contribution in [2.24, 2.45) is 4.99 Å². The van der Waals surface area contributed by atoms with Crippen LogP contribution in [0.5, 0.6) is 11.5 Å². The van der Waals surface area contributed by atoms with Gasteiger partial charge in [-0.15, -0.1) is 24.0 Å². The maximum atomic E-state index is 6.00. The van der Waals surface area contributed by atoms with E-state index in [2.05, 4.69) is 56.7 Å². The Kier molecular flexibility index (Phi) is 10.1. The molecule has 180 valence electrons. The molecule has 0 radical (unpaired) electrons. The lowest BCUT2D eigenvalue weighted by Gasteiger charge is -2.27. The van der Waals surface area contributed by atoms with Crippen LogP contribution in [0.4, 0.5) is 0 Å². The number of nitrogens with zero attached hydrogens (tertiary/aromatic N) is 3. The second-order valence-corrected chi connectivity index (χ2v) is 8.55. The molecule has 33 heavy (non-hydrogen) atoms. The van der Waals surface area contributed by atoms with Gasteiger partial charge in [0.05, 0.1) is 6.54 Å². The summed E-state index contributed by atoms with van der Waals surface area (Å²) in [7, 11) is 3.99. The van der Waals surface area contributed by atoms with Crippen LogP contribution in [0, 0.1) is 0 Å². The van der Waals surface area contributed by atoms with E-state index < -0.39 is 0 Å². The monoisotopic (exact) mass is 565 g/mol. The van der Waals surface area contributed by atoms with Crippen molar-refractivity contribution in [1.82, 2.24) is 20.4 Å². The van der Waals surface area contributed by atoms with Gasteiger partial charge in [-0.3, -0.25) is 9.89 Å². The molecule has 0 aromatic heterocycles. The van der Waals surface area contributed by atoms with Gasteiger partial charge in [-0.25, -0.2) is 0 Å². The number of halogens is 1. The minimum Gasteiger partial charge on any atom is -0.486 e. The van der Waals surface area contributed by atoms with E-state index in [1.165, 1.54) is 30.6 Å². The third kappa shape index (κ3) is 7.75. The Hall–Kier alpha value is -2.04. The number of benzene rings is 2. The number of fused-ring (bicyclic) bond motifs is 1. The maximum Gasteiger partial charge on any atom is 0.191 e. The molecule has 1 atom stereocenters. The molecule has 7 nitrogen and oxygen atoms in total. The van der Waals surface area contributed by atoms with Crippen LogP contribution in [0.2, 0.25) is 0 Å². The lowest BCUT2D eigenvalue weighted by molar-refractivity contribution is 0.0936. The predicted octanol–water partition coefficient (Wildman–Crippen LogP) is 2.95. The summed E-state index contributed by atoms with van der Waals surface area (Å²) in [6.45, 7) is 7.56. The fourth-order valence-corrected chi connectivity index (χ4v) is 4.06. The van der Waals surface area contributed by atoms with Gasteiger partial charge < -0.3 is 25.0 Å². The number of hydrogen-bond donors (Lipinski definition) is 2. The Balaban J connectivity index is 0.00000306. The summed E-state index contributed by atoms with van der Waals surface area (Å²) < 4.78 is 11.8. The highest BCUT2D eigenvalue weighted by Gasteiger charge is 2.20. The van der Waals surface area contributed by atoms with Crippen LogP contribution in [-0.2, 0) is 13.1 Å². The highest BCUT2D eigenvalue weighted by atomic mass is 127. The highest BCUT2D eigenvalue weighted by Crippen LogP contribution is 2.30. The number of ether oxygens (including phenoxy) is 2. The molecular formula is C25H36IN5O2. The highest BCUT2D eigenvalue weighted by molar-refractivity contribution is 14.0. The zero-order valence-corrected chi connectivity index (χ0v) is 22.0. The van der Waals surface area contributed by atoms with Crippen LogP contribution in [0.25, 0.3) is 0 Å². The molecule has 2 aliphatic rings. The summed E-state index contributed by atoms with van der Waals surface area (Å²) in [5.41, 5.74) is 2.61. The van der Waals surface area contributed by atoms with Crippen molar-refractivity contribution in [3.63, 3.8) is 0 Å². The Labute approximate surface area is 214 Å². The summed E-state index contributed by atoms with van der Waals surface area (Å²) in [6.07, 6.45) is 1.19. The molecule has 0 aliphatic carbocycles. The number of likely N-dealkylation sites (N-methyl/N-ethyl adjacent to an activating group) is 1. The standard InChI is InChI=1S/C25H35N5O2.HI/c1-26-25(28-17-22-19-31-23-6-3-4-7-24(23)32-22)27-16-20-8-10-21(11-9-20)18-30-13-5-12-29(2)14-15-30;/h3-4,6-11,22H,5,12-19H2,1-2H3,(H2,26,27,28);1H. The van der Waals surface area contributed by atoms with Crippen molar-refractivity contribution in [3.8, 4) is 11.5 Å². The molecule has 1 unspecified atom stereocenters. The number of aliphatic imine (C=N–C) groups is 1. The van der Waals surface area contributed by atoms with Gasteiger partial charge in [0, 0.05) is 33.2 Å². The smallest absolute Gasteiger partial charge is 0.191 e. The van der Waals surface area contributed by atoms with E-state index in [4.69, 9.17) is 9.47 Å². The lowest BCUT2D eigenvalue weighted by Crippen LogP contribution is -2.45. The second kappa shape index (κ2) is 13.0. The molecule has 1 fully saturated rings. The zero-order valence-electron chi connectivity index (χ0n) is 19.6. The van der Waals surface area contributed by atoms with Crippen LogP contribution in [0.3, 0.4) is 0 Å². The first-order valence-corrected chi connectivity index (χ1v) is 11.5. The van der Waals surface area contributed by atoms with Gasteiger partial charge in [0.1, 0.15) is 12.7 Å². The third-order valence-electron chi connectivity index (χ3n) is 5.99. The molecule has 2 aromatic rings. The molecule has 0 bridgehead atoms. The van der Waals surface area contributed by atoms with Gasteiger partial charge in [0.15, 0.2) is 17.5 Å². The lowest BCUT2D eigenvalue weighted by atomic mass is 10.1. The van der Waals surface area contributed by atoms with Gasteiger partial charge in [-0.2, -0.15) is 0 Å². The Morgan fingerprint density at radius 3 is 2.52 bits per heavy atom. The largest absolute Gasteiger partial charge is 0.486 e. The summed E-state index contributed by atoms with van der Waals surface area (Å²) in [5, 5.41) is 6.72. The Bertz CT molecular complexity index is 893. The number of guanidine groups is 1. The Morgan fingerprint density at radius 2 is 1.73 bits per heavy atom. The first kappa shape index (κ1) is 25.6. The summed E-state index contributed by atoms with van der Waals surface area (Å²) in [5.74, 6) is 2.35. The topological polar surface area (TPSA) is 61.4 Å². The third-order valence-corrected chi connectivity index (χ3v) is 5.99. The minimum atomic E-state index is -0.0542. The first-order chi connectivity index (χ1) is 15.7. The van der Waals surface area contributed by atoms with E-state index >= 15 is 0 Å². The maximum absolute atomic E-state index is 6.00. The van der Waals surface area contributed by atoms with Crippen molar-refractivity contribution in [3.05, 3.63) is 59.7 Å². The molecule has 2 aliphatic heterocycles.